The van der Waals surface area contributed by atoms with Gasteiger partial charge in [-0.15, -0.1) is 10.2 Å². The quantitative estimate of drug-likeness (QED) is 0.543. The van der Waals surface area contributed by atoms with Crippen LogP contribution in [0.25, 0.3) is 11.4 Å². The molecule has 0 aliphatic rings. The van der Waals surface area contributed by atoms with E-state index < -0.39 is 12.5 Å². The van der Waals surface area contributed by atoms with E-state index in [1.807, 2.05) is 0 Å². The van der Waals surface area contributed by atoms with Crippen LogP contribution in [0.5, 0.6) is 5.75 Å². The molecule has 30 heavy (non-hydrogen) atoms. The summed E-state index contributed by atoms with van der Waals surface area (Å²) in [6.45, 7) is -2.63. The molecule has 0 aliphatic heterocycles. The van der Waals surface area contributed by atoms with Gasteiger partial charge >= 0.3 is 6.61 Å². The number of amides is 2. The molecule has 3 aromatic rings. The highest BCUT2D eigenvalue weighted by Crippen LogP contribution is 2.15. The van der Waals surface area contributed by atoms with Crippen LogP contribution in [0.2, 0.25) is 0 Å². The predicted octanol–water partition coefficient (Wildman–Crippen LogP) is 1.40. The fourth-order valence-electron chi connectivity index (χ4n) is 2.58. The zero-order chi connectivity index (χ0) is 21.5. The number of alkyl halides is 2. The van der Waals surface area contributed by atoms with E-state index in [4.69, 9.17) is 5.73 Å². The van der Waals surface area contributed by atoms with Crippen LogP contribution in [-0.4, -0.2) is 45.2 Å². The van der Waals surface area contributed by atoms with Gasteiger partial charge in [0.1, 0.15) is 12.3 Å². The van der Waals surface area contributed by atoms with Crippen molar-refractivity contribution in [3.05, 3.63) is 59.7 Å². The number of nitrogens with one attached hydrogen (secondary N) is 1. The van der Waals surface area contributed by atoms with Crippen molar-refractivity contribution in [2.24, 2.45) is 5.73 Å². The molecular weight excluding hydrogens is 398 g/mol. The lowest BCUT2D eigenvalue weighted by atomic mass is 10.1. The Balaban J connectivity index is 1.47. The van der Waals surface area contributed by atoms with Gasteiger partial charge in [0.15, 0.2) is 0 Å². The largest absolute Gasteiger partial charge is 0.435 e. The summed E-state index contributed by atoms with van der Waals surface area (Å²) in [5, 5.41) is 14.6. The second-order valence-corrected chi connectivity index (χ2v) is 6.21. The number of benzene rings is 2. The highest BCUT2D eigenvalue weighted by Gasteiger charge is 2.10. The predicted molar refractivity (Wildman–Crippen MR) is 102 cm³/mol. The van der Waals surface area contributed by atoms with Gasteiger partial charge in [-0.2, -0.15) is 13.6 Å². The molecule has 0 radical (unpaired) electrons. The highest BCUT2D eigenvalue weighted by atomic mass is 19.3. The Kier molecular flexibility index (Phi) is 6.63. The number of ether oxygens (including phenoxy) is 1. The van der Waals surface area contributed by atoms with E-state index in [2.05, 4.69) is 25.5 Å². The van der Waals surface area contributed by atoms with Crippen LogP contribution in [0.3, 0.4) is 0 Å². The number of nitrogens with two attached hydrogens (primary N) is 1. The first-order valence-electron chi connectivity index (χ1n) is 8.89. The normalized spacial score (nSPS) is 10.8. The van der Waals surface area contributed by atoms with Crippen LogP contribution >= 0.6 is 0 Å². The minimum Gasteiger partial charge on any atom is -0.435 e. The van der Waals surface area contributed by atoms with E-state index in [9.17, 15) is 18.4 Å². The standard InChI is InChI=1S/C19H18F2N6O3/c20-19(21)30-15-7-1-12(2-8-15)9-10-23-16(28)11-27-25-18(24-26-27)14-5-3-13(4-6-14)17(22)29/h1-8,19H,9-11H2,(H2,22,29)(H,23,28). The molecule has 1 aromatic heterocycles. The Morgan fingerprint density at radius 3 is 2.43 bits per heavy atom. The zero-order valence-corrected chi connectivity index (χ0v) is 15.7. The van der Waals surface area contributed by atoms with E-state index in [0.29, 0.717) is 29.9 Å². The maximum atomic E-state index is 12.1. The third-order valence-electron chi connectivity index (χ3n) is 4.05. The summed E-state index contributed by atoms with van der Waals surface area (Å²) in [7, 11) is 0. The van der Waals surface area contributed by atoms with E-state index in [-0.39, 0.29) is 18.2 Å². The molecule has 0 saturated heterocycles. The summed E-state index contributed by atoms with van der Waals surface area (Å²) in [6.07, 6.45) is 0.517. The molecule has 0 saturated carbocycles. The van der Waals surface area contributed by atoms with Gasteiger partial charge in [0.25, 0.3) is 0 Å². The first-order valence-corrected chi connectivity index (χ1v) is 8.89. The minimum atomic E-state index is -2.87. The number of tetrazole rings is 1. The second-order valence-electron chi connectivity index (χ2n) is 6.21. The Bertz CT molecular complexity index is 1010. The van der Waals surface area contributed by atoms with Crippen molar-refractivity contribution in [3.63, 3.8) is 0 Å². The molecule has 0 spiro atoms. The fourth-order valence-corrected chi connectivity index (χ4v) is 2.58. The van der Waals surface area contributed by atoms with Crippen molar-refractivity contribution in [2.75, 3.05) is 6.54 Å². The Labute approximate surface area is 169 Å². The number of nitrogens with zero attached hydrogens (tertiary/aromatic N) is 4. The van der Waals surface area contributed by atoms with Gasteiger partial charge in [-0.25, -0.2) is 0 Å². The van der Waals surface area contributed by atoms with Crippen molar-refractivity contribution in [1.82, 2.24) is 25.5 Å². The van der Waals surface area contributed by atoms with Crippen LogP contribution in [0.4, 0.5) is 8.78 Å². The SMILES string of the molecule is NC(=O)c1ccc(-c2nnn(CC(=O)NCCc3ccc(OC(F)F)cc3)n2)cc1. The maximum absolute atomic E-state index is 12.1. The third kappa shape index (κ3) is 5.80. The molecule has 9 nitrogen and oxygen atoms in total. The lowest BCUT2D eigenvalue weighted by Crippen LogP contribution is -2.30. The molecule has 2 aromatic carbocycles. The molecule has 11 heteroatoms. The molecular formula is C19H18F2N6O3. The summed E-state index contributed by atoms with van der Waals surface area (Å²) in [5.41, 5.74) is 7.05. The average molecular weight is 416 g/mol. The lowest BCUT2D eigenvalue weighted by molar-refractivity contribution is -0.122. The topological polar surface area (TPSA) is 125 Å². The number of halogens is 2. The van der Waals surface area contributed by atoms with Gasteiger partial charge in [0.05, 0.1) is 0 Å². The Morgan fingerprint density at radius 2 is 1.80 bits per heavy atom. The minimum absolute atomic E-state index is 0.0788. The number of primary amides is 1. The smallest absolute Gasteiger partial charge is 0.387 e. The molecule has 156 valence electrons. The number of carbonyl (C=O) groups excluding carboxylic acids is 2. The lowest BCUT2D eigenvalue weighted by Gasteiger charge is -2.07. The van der Waals surface area contributed by atoms with Crippen LogP contribution in [-0.2, 0) is 17.8 Å². The van der Waals surface area contributed by atoms with E-state index in [1.54, 1.807) is 36.4 Å². The van der Waals surface area contributed by atoms with Gasteiger partial charge in [0, 0.05) is 17.7 Å². The van der Waals surface area contributed by atoms with Crippen molar-refractivity contribution in [3.8, 4) is 17.1 Å². The number of carbonyl (C=O) groups is 2. The molecule has 3 N–H and O–H groups in total. The zero-order valence-electron chi connectivity index (χ0n) is 15.7. The summed E-state index contributed by atoms with van der Waals surface area (Å²) in [5.74, 6) is -0.451. The molecule has 3 rings (SSSR count). The van der Waals surface area contributed by atoms with E-state index in [0.717, 1.165) is 10.4 Å². The molecule has 0 fully saturated rings. The third-order valence-corrected chi connectivity index (χ3v) is 4.05. The average Bonchev–Trinajstić information content (AvgIpc) is 3.17. The number of hydrogen-bond donors (Lipinski definition) is 2. The van der Waals surface area contributed by atoms with Crippen LogP contribution in [0.15, 0.2) is 48.5 Å². The summed E-state index contributed by atoms with van der Waals surface area (Å²) < 4.78 is 28.5. The maximum Gasteiger partial charge on any atom is 0.387 e. The molecule has 0 aliphatic carbocycles. The number of hydrogen-bond acceptors (Lipinski definition) is 6. The summed E-state index contributed by atoms with van der Waals surface area (Å²) in [6, 6.07) is 12.6. The fraction of sp³-hybridized carbons (Fsp3) is 0.211. The van der Waals surface area contributed by atoms with Gasteiger partial charge in [-0.05, 0) is 41.5 Å². The highest BCUT2D eigenvalue weighted by molar-refractivity contribution is 5.93. The summed E-state index contributed by atoms with van der Waals surface area (Å²) >= 11 is 0. The van der Waals surface area contributed by atoms with Gasteiger partial charge in [-0.3, -0.25) is 9.59 Å². The molecule has 0 bridgehead atoms. The Hall–Kier alpha value is -3.89. The monoisotopic (exact) mass is 416 g/mol. The van der Waals surface area contributed by atoms with Crippen LogP contribution < -0.4 is 15.8 Å². The van der Waals surface area contributed by atoms with Crippen LogP contribution in [0.1, 0.15) is 15.9 Å². The first kappa shape index (κ1) is 20.8. The summed E-state index contributed by atoms with van der Waals surface area (Å²) in [4.78, 5) is 24.3. The van der Waals surface area contributed by atoms with Crippen molar-refractivity contribution < 1.29 is 23.1 Å². The number of rotatable bonds is 9. The van der Waals surface area contributed by atoms with Gasteiger partial charge in [-0.1, -0.05) is 24.3 Å². The Morgan fingerprint density at radius 1 is 1.10 bits per heavy atom. The van der Waals surface area contributed by atoms with Crippen molar-refractivity contribution >= 4 is 11.8 Å². The van der Waals surface area contributed by atoms with E-state index >= 15 is 0 Å². The molecule has 0 unspecified atom stereocenters. The molecule has 1 heterocycles. The number of aromatic nitrogens is 4. The molecule has 2 amide bonds. The first-order chi connectivity index (χ1) is 14.4. The van der Waals surface area contributed by atoms with E-state index in [1.165, 1.54) is 12.1 Å². The van der Waals surface area contributed by atoms with Gasteiger partial charge < -0.3 is 15.8 Å². The second kappa shape index (κ2) is 9.54. The van der Waals surface area contributed by atoms with Crippen molar-refractivity contribution in [1.29, 1.82) is 0 Å². The van der Waals surface area contributed by atoms with Crippen molar-refractivity contribution in [2.45, 2.75) is 19.6 Å². The van der Waals surface area contributed by atoms with Crippen LogP contribution in [0, 0.1) is 0 Å². The van der Waals surface area contributed by atoms with Gasteiger partial charge in [0.2, 0.25) is 17.6 Å². The molecule has 0 atom stereocenters.